The van der Waals surface area contributed by atoms with Crippen LogP contribution < -0.4 is 10.9 Å². The Morgan fingerprint density at radius 3 is 2.57 bits per heavy atom. The molecule has 3 aromatic heterocycles. The number of halogens is 3. The van der Waals surface area contributed by atoms with Gasteiger partial charge in [0.1, 0.15) is 17.8 Å². The first kappa shape index (κ1) is 20.0. The van der Waals surface area contributed by atoms with Crippen molar-refractivity contribution in [1.82, 2.24) is 24.7 Å². The Morgan fingerprint density at radius 2 is 1.87 bits per heavy atom. The van der Waals surface area contributed by atoms with E-state index < -0.39 is 11.9 Å². The third-order valence-electron chi connectivity index (χ3n) is 5.13. The molecule has 156 valence electrons. The number of hydrogen-bond donors (Lipinski definition) is 1. The first-order valence-corrected chi connectivity index (χ1v) is 9.56. The lowest BCUT2D eigenvalue weighted by Gasteiger charge is -2.30. The van der Waals surface area contributed by atoms with E-state index in [1.165, 1.54) is 10.7 Å². The van der Waals surface area contributed by atoms with Crippen LogP contribution in [-0.4, -0.2) is 30.8 Å². The van der Waals surface area contributed by atoms with Crippen LogP contribution >= 0.6 is 0 Å². The van der Waals surface area contributed by atoms with Gasteiger partial charge in [-0.2, -0.15) is 18.3 Å². The zero-order valence-electron chi connectivity index (χ0n) is 15.9. The van der Waals surface area contributed by atoms with Gasteiger partial charge in [-0.1, -0.05) is 0 Å². The van der Waals surface area contributed by atoms with E-state index in [-0.39, 0.29) is 23.5 Å². The van der Waals surface area contributed by atoms with Gasteiger partial charge >= 0.3 is 6.18 Å². The number of pyridine rings is 1. The standard InChI is InChI=1S/C20H19F3N6O/c21-20(22,23)17-10-18(26-12-25-17)27-14-3-5-15(6-4-14)29-19(30)8-7-16(28-29)13-2-1-9-24-11-13/h1-2,7-12,14-15H,3-6H2,(H,25,26,27). The summed E-state index contributed by atoms with van der Waals surface area (Å²) < 4.78 is 40.0. The van der Waals surface area contributed by atoms with E-state index in [0.717, 1.165) is 18.0 Å². The van der Waals surface area contributed by atoms with Crippen molar-refractivity contribution < 1.29 is 13.2 Å². The summed E-state index contributed by atoms with van der Waals surface area (Å²) >= 11 is 0. The highest BCUT2D eigenvalue weighted by molar-refractivity contribution is 5.56. The average Bonchev–Trinajstić information content (AvgIpc) is 2.75. The molecule has 3 heterocycles. The highest BCUT2D eigenvalue weighted by atomic mass is 19.4. The van der Waals surface area contributed by atoms with E-state index >= 15 is 0 Å². The van der Waals surface area contributed by atoms with Gasteiger partial charge in [0.25, 0.3) is 5.56 Å². The number of alkyl halides is 3. The molecule has 1 N–H and O–H groups in total. The van der Waals surface area contributed by atoms with Gasteiger partial charge in [0, 0.05) is 36.1 Å². The third-order valence-corrected chi connectivity index (χ3v) is 5.13. The predicted molar refractivity (Wildman–Crippen MR) is 104 cm³/mol. The average molecular weight is 416 g/mol. The molecule has 3 aromatic rings. The van der Waals surface area contributed by atoms with E-state index in [2.05, 4.69) is 25.4 Å². The molecule has 0 radical (unpaired) electrons. The second kappa shape index (κ2) is 8.21. The number of nitrogens with one attached hydrogen (secondary N) is 1. The fraction of sp³-hybridized carbons (Fsp3) is 0.350. The zero-order valence-corrected chi connectivity index (χ0v) is 15.9. The van der Waals surface area contributed by atoms with Gasteiger partial charge < -0.3 is 5.32 Å². The van der Waals surface area contributed by atoms with Crippen molar-refractivity contribution >= 4 is 5.82 Å². The van der Waals surface area contributed by atoms with E-state index in [1.807, 2.05) is 6.07 Å². The van der Waals surface area contributed by atoms with E-state index in [9.17, 15) is 18.0 Å². The van der Waals surface area contributed by atoms with Crippen molar-refractivity contribution in [3.8, 4) is 11.3 Å². The third kappa shape index (κ3) is 4.47. The number of hydrogen-bond acceptors (Lipinski definition) is 6. The molecule has 30 heavy (non-hydrogen) atoms. The lowest BCUT2D eigenvalue weighted by atomic mass is 9.91. The first-order valence-electron chi connectivity index (χ1n) is 9.56. The van der Waals surface area contributed by atoms with Crippen LogP contribution in [0.1, 0.15) is 37.4 Å². The summed E-state index contributed by atoms with van der Waals surface area (Å²) in [6.45, 7) is 0. The second-order valence-electron chi connectivity index (χ2n) is 7.18. The van der Waals surface area contributed by atoms with Crippen LogP contribution in [0, 0.1) is 0 Å². The molecular formula is C20H19F3N6O. The molecule has 0 aromatic carbocycles. The molecule has 10 heteroatoms. The number of anilines is 1. The van der Waals surface area contributed by atoms with Crippen molar-refractivity contribution in [2.24, 2.45) is 0 Å². The van der Waals surface area contributed by atoms with Crippen LogP contribution in [0.15, 0.2) is 53.8 Å². The molecule has 1 aliphatic rings. The molecule has 0 bridgehead atoms. The molecule has 4 rings (SSSR count). The van der Waals surface area contributed by atoms with Crippen molar-refractivity contribution in [2.75, 3.05) is 5.32 Å². The van der Waals surface area contributed by atoms with Crippen molar-refractivity contribution in [2.45, 2.75) is 43.9 Å². The van der Waals surface area contributed by atoms with Gasteiger partial charge in [-0.05, 0) is 43.9 Å². The molecule has 7 nitrogen and oxygen atoms in total. The van der Waals surface area contributed by atoms with Crippen LogP contribution in [0.5, 0.6) is 0 Å². The zero-order chi connectivity index (χ0) is 21.1. The summed E-state index contributed by atoms with van der Waals surface area (Å²) in [4.78, 5) is 23.6. The van der Waals surface area contributed by atoms with Crippen molar-refractivity contribution in [3.63, 3.8) is 0 Å². The molecule has 0 aliphatic heterocycles. The van der Waals surface area contributed by atoms with E-state index in [4.69, 9.17) is 0 Å². The Kier molecular flexibility index (Phi) is 5.47. The highest BCUT2D eigenvalue weighted by Crippen LogP contribution is 2.31. The maximum Gasteiger partial charge on any atom is 0.433 e. The van der Waals surface area contributed by atoms with Gasteiger partial charge in [0.15, 0.2) is 0 Å². The molecule has 0 atom stereocenters. The quantitative estimate of drug-likeness (QED) is 0.698. The molecule has 1 saturated carbocycles. The number of rotatable bonds is 4. The maximum atomic E-state index is 12.8. The summed E-state index contributed by atoms with van der Waals surface area (Å²) in [7, 11) is 0. The molecular weight excluding hydrogens is 397 g/mol. The van der Waals surface area contributed by atoms with Gasteiger partial charge in [0.05, 0.1) is 11.7 Å². The van der Waals surface area contributed by atoms with Gasteiger partial charge in [0.2, 0.25) is 0 Å². The minimum Gasteiger partial charge on any atom is -0.367 e. The van der Waals surface area contributed by atoms with Crippen LogP contribution in [0.2, 0.25) is 0 Å². The summed E-state index contributed by atoms with van der Waals surface area (Å²) in [5, 5.41) is 7.56. The lowest BCUT2D eigenvalue weighted by molar-refractivity contribution is -0.141. The van der Waals surface area contributed by atoms with Crippen LogP contribution in [0.25, 0.3) is 11.3 Å². The van der Waals surface area contributed by atoms with Gasteiger partial charge in [-0.25, -0.2) is 14.6 Å². The van der Waals surface area contributed by atoms with Gasteiger partial charge in [-0.3, -0.25) is 9.78 Å². The monoisotopic (exact) mass is 416 g/mol. The summed E-state index contributed by atoms with van der Waals surface area (Å²) in [6, 6.07) is 7.67. The van der Waals surface area contributed by atoms with Crippen molar-refractivity contribution in [1.29, 1.82) is 0 Å². The Balaban J connectivity index is 1.43. The Morgan fingerprint density at radius 1 is 1.07 bits per heavy atom. The summed E-state index contributed by atoms with van der Waals surface area (Å²) in [6.07, 6.45) is 2.48. The Hall–Kier alpha value is -3.30. The largest absolute Gasteiger partial charge is 0.433 e. The first-order chi connectivity index (χ1) is 14.4. The van der Waals surface area contributed by atoms with Crippen LogP contribution in [-0.2, 0) is 6.18 Å². The summed E-state index contributed by atoms with van der Waals surface area (Å²) in [5.74, 6) is 0.148. The van der Waals surface area contributed by atoms with Gasteiger partial charge in [-0.15, -0.1) is 0 Å². The maximum absolute atomic E-state index is 12.8. The SMILES string of the molecule is O=c1ccc(-c2cccnc2)nn1C1CCC(Nc2cc(C(F)(F)F)ncn2)CC1. The Bertz CT molecular complexity index is 1060. The van der Waals surface area contributed by atoms with Crippen molar-refractivity contribution in [3.05, 3.63) is 65.1 Å². The van der Waals surface area contributed by atoms with Crippen LogP contribution in [0.3, 0.4) is 0 Å². The normalized spacial score (nSPS) is 19.4. The topological polar surface area (TPSA) is 85.6 Å². The molecule has 0 spiro atoms. The molecule has 0 amide bonds. The number of aromatic nitrogens is 5. The minimum absolute atomic E-state index is 0.0329. The summed E-state index contributed by atoms with van der Waals surface area (Å²) in [5.41, 5.74) is 0.343. The lowest BCUT2D eigenvalue weighted by Crippen LogP contribution is -2.33. The smallest absolute Gasteiger partial charge is 0.367 e. The highest BCUT2D eigenvalue weighted by Gasteiger charge is 2.33. The van der Waals surface area contributed by atoms with E-state index in [0.29, 0.717) is 31.4 Å². The number of nitrogens with zero attached hydrogens (tertiary/aromatic N) is 5. The second-order valence-corrected chi connectivity index (χ2v) is 7.18. The fourth-order valence-corrected chi connectivity index (χ4v) is 3.62. The minimum atomic E-state index is -4.51. The van der Waals surface area contributed by atoms with Crippen LogP contribution in [0.4, 0.5) is 19.0 Å². The molecule has 0 saturated heterocycles. The molecule has 1 aliphatic carbocycles. The predicted octanol–water partition coefficient (Wildman–Crippen LogP) is 3.71. The molecule has 0 unspecified atom stereocenters. The Labute approximate surface area is 170 Å². The van der Waals surface area contributed by atoms with E-state index in [1.54, 1.807) is 24.5 Å². The fourth-order valence-electron chi connectivity index (χ4n) is 3.62. The molecule has 1 fully saturated rings.